The van der Waals surface area contributed by atoms with Gasteiger partial charge in [-0.2, -0.15) is 0 Å². The SMILES string of the molecule is O=C(COc1ccc(Cl)cc1)Nc1nc2c(s1)CNCC2. The number of amides is 1. The van der Waals surface area contributed by atoms with E-state index in [1.165, 1.54) is 16.2 Å². The van der Waals surface area contributed by atoms with E-state index in [1.807, 2.05) is 0 Å². The smallest absolute Gasteiger partial charge is 0.264 e. The van der Waals surface area contributed by atoms with Crippen molar-refractivity contribution in [3.8, 4) is 5.75 Å². The van der Waals surface area contributed by atoms with Gasteiger partial charge in [0, 0.05) is 29.4 Å². The van der Waals surface area contributed by atoms with Gasteiger partial charge in [0.25, 0.3) is 5.91 Å². The van der Waals surface area contributed by atoms with Gasteiger partial charge in [-0.15, -0.1) is 11.3 Å². The van der Waals surface area contributed by atoms with Crippen LogP contribution in [0.15, 0.2) is 24.3 Å². The summed E-state index contributed by atoms with van der Waals surface area (Å²) in [5, 5.41) is 7.32. The van der Waals surface area contributed by atoms with Gasteiger partial charge < -0.3 is 10.1 Å². The number of anilines is 1. The van der Waals surface area contributed by atoms with E-state index in [9.17, 15) is 4.79 Å². The van der Waals surface area contributed by atoms with Gasteiger partial charge in [0.1, 0.15) is 5.75 Å². The van der Waals surface area contributed by atoms with Gasteiger partial charge >= 0.3 is 0 Å². The molecule has 0 radical (unpaired) electrons. The van der Waals surface area contributed by atoms with Crippen molar-refractivity contribution in [1.29, 1.82) is 0 Å². The lowest BCUT2D eigenvalue weighted by Crippen LogP contribution is -2.22. The van der Waals surface area contributed by atoms with Crippen LogP contribution in [0.25, 0.3) is 0 Å². The van der Waals surface area contributed by atoms with Crippen LogP contribution < -0.4 is 15.4 Å². The predicted molar refractivity (Wildman–Crippen MR) is 83.1 cm³/mol. The highest BCUT2D eigenvalue weighted by molar-refractivity contribution is 7.15. The zero-order chi connectivity index (χ0) is 14.7. The molecule has 2 aromatic rings. The number of thiazole rings is 1. The average molecular weight is 324 g/mol. The number of halogens is 1. The fourth-order valence-corrected chi connectivity index (χ4v) is 3.13. The van der Waals surface area contributed by atoms with Crippen LogP contribution in [0.4, 0.5) is 5.13 Å². The van der Waals surface area contributed by atoms with Gasteiger partial charge in [-0.1, -0.05) is 11.6 Å². The fourth-order valence-electron chi connectivity index (χ4n) is 2.01. The van der Waals surface area contributed by atoms with Crippen molar-refractivity contribution in [2.45, 2.75) is 13.0 Å². The number of ether oxygens (including phenoxy) is 1. The molecule has 0 bridgehead atoms. The number of carbonyl (C=O) groups is 1. The van der Waals surface area contributed by atoms with E-state index in [-0.39, 0.29) is 12.5 Å². The van der Waals surface area contributed by atoms with Gasteiger partial charge in [0.15, 0.2) is 11.7 Å². The summed E-state index contributed by atoms with van der Waals surface area (Å²) >= 11 is 7.29. The van der Waals surface area contributed by atoms with Crippen molar-refractivity contribution in [1.82, 2.24) is 10.3 Å². The molecule has 0 saturated carbocycles. The zero-order valence-electron chi connectivity index (χ0n) is 11.2. The van der Waals surface area contributed by atoms with Crippen molar-refractivity contribution < 1.29 is 9.53 Å². The maximum atomic E-state index is 11.9. The van der Waals surface area contributed by atoms with Crippen molar-refractivity contribution in [3.05, 3.63) is 39.9 Å². The first-order chi connectivity index (χ1) is 10.2. The van der Waals surface area contributed by atoms with Crippen molar-refractivity contribution in [3.63, 3.8) is 0 Å². The van der Waals surface area contributed by atoms with Crippen molar-refractivity contribution in [2.24, 2.45) is 0 Å². The second kappa shape index (κ2) is 6.43. The summed E-state index contributed by atoms with van der Waals surface area (Å²) < 4.78 is 5.39. The first-order valence-electron chi connectivity index (χ1n) is 6.58. The number of fused-ring (bicyclic) bond motifs is 1. The highest BCUT2D eigenvalue weighted by Crippen LogP contribution is 2.25. The van der Waals surface area contributed by atoms with Crippen LogP contribution in [0.2, 0.25) is 5.02 Å². The third-order valence-electron chi connectivity index (χ3n) is 3.03. The van der Waals surface area contributed by atoms with Gasteiger partial charge in [0.05, 0.1) is 5.69 Å². The third-order valence-corrected chi connectivity index (χ3v) is 4.30. The summed E-state index contributed by atoms with van der Waals surface area (Å²) in [5.41, 5.74) is 1.08. The first-order valence-corrected chi connectivity index (χ1v) is 7.77. The first kappa shape index (κ1) is 14.3. The van der Waals surface area contributed by atoms with Gasteiger partial charge in [-0.05, 0) is 24.3 Å². The Morgan fingerprint density at radius 3 is 3.00 bits per heavy atom. The van der Waals surface area contributed by atoms with E-state index in [0.717, 1.165) is 25.2 Å². The quantitative estimate of drug-likeness (QED) is 0.907. The molecule has 0 fully saturated rings. The minimum atomic E-state index is -0.219. The number of nitrogens with one attached hydrogen (secondary N) is 2. The number of hydrogen-bond acceptors (Lipinski definition) is 5. The Hall–Kier alpha value is -1.63. The van der Waals surface area contributed by atoms with Crippen LogP contribution in [-0.4, -0.2) is 24.0 Å². The molecule has 1 aliphatic rings. The molecule has 110 valence electrons. The van der Waals surface area contributed by atoms with Crippen LogP contribution in [0.1, 0.15) is 10.6 Å². The van der Waals surface area contributed by atoms with Crippen LogP contribution in [0.3, 0.4) is 0 Å². The normalized spacial score (nSPS) is 13.6. The fraction of sp³-hybridized carbons (Fsp3) is 0.286. The number of benzene rings is 1. The van der Waals surface area contributed by atoms with Gasteiger partial charge in [-0.3, -0.25) is 10.1 Å². The molecule has 0 aliphatic carbocycles. The molecule has 5 nitrogen and oxygen atoms in total. The van der Waals surface area contributed by atoms with Crippen LogP contribution in [0, 0.1) is 0 Å². The molecule has 2 N–H and O–H groups in total. The highest BCUT2D eigenvalue weighted by atomic mass is 35.5. The lowest BCUT2D eigenvalue weighted by molar-refractivity contribution is -0.118. The van der Waals surface area contributed by atoms with Crippen molar-refractivity contribution >= 4 is 34.0 Å². The summed E-state index contributed by atoms with van der Waals surface area (Å²) in [4.78, 5) is 17.5. The van der Waals surface area contributed by atoms with Crippen LogP contribution >= 0.6 is 22.9 Å². The van der Waals surface area contributed by atoms with E-state index in [1.54, 1.807) is 24.3 Å². The highest BCUT2D eigenvalue weighted by Gasteiger charge is 2.16. The minimum Gasteiger partial charge on any atom is -0.484 e. The summed E-state index contributed by atoms with van der Waals surface area (Å²) in [7, 11) is 0. The van der Waals surface area contributed by atoms with Crippen LogP contribution in [0.5, 0.6) is 5.75 Å². The molecule has 21 heavy (non-hydrogen) atoms. The molecule has 2 heterocycles. The number of rotatable bonds is 4. The van der Waals surface area contributed by atoms with Gasteiger partial charge in [-0.25, -0.2) is 4.98 Å². The van der Waals surface area contributed by atoms with E-state index in [0.29, 0.717) is 15.9 Å². The second-order valence-corrected chi connectivity index (χ2v) is 6.13. The Morgan fingerprint density at radius 1 is 1.43 bits per heavy atom. The molecule has 3 rings (SSSR count). The number of nitrogens with zero attached hydrogens (tertiary/aromatic N) is 1. The number of aromatic nitrogens is 1. The Morgan fingerprint density at radius 2 is 2.24 bits per heavy atom. The Bertz CT molecular complexity index is 619. The molecule has 0 unspecified atom stereocenters. The summed E-state index contributed by atoms with van der Waals surface area (Å²) in [6.45, 7) is 1.71. The Kier molecular flexibility index (Phi) is 4.38. The van der Waals surface area contributed by atoms with E-state index >= 15 is 0 Å². The average Bonchev–Trinajstić information content (AvgIpc) is 2.88. The molecule has 1 aliphatic heterocycles. The molecule has 0 saturated heterocycles. The summed E-state index contributed by atoms with van der Waals surface area (Å²) in [5.74, 6) is 0.390. The summed E-state index contributed by atoms with van der Waals surface area (Å²) in [6, 6.07) is 6.89. The lowest BCUT2D eigenvalue weighted by Gasteiger charge is -2.09. The van der Waals surface area contributed by atoms with Crippen LogP contribution in [-0.2, 0) is 17.8 Å². The molecular formula is C14H14ClN3O2S. The second-order valence-electron chi connectivity index (χ2n) is 4.61. The maximum absolute atomic E-state index is 11.9. The maximum Gasteiger partial charge on any atom is 0.264 e. The molecule has 1 aromatic heterocycles. The minimum absolute atomic E-state index is 0.0515. The van der Waals surface area contributed by atoms with Gasteiger partial charge in [0.2, 0.25) is 0 Å². The molecule has 1 aromatic carbocycles. The Labute approximate surface area is 131 Å². The monoisotopic (exact) mass is 323 g/mol. The van der Waals surface area contributed by atoms with E-state index < -0.39 is 0 Å². The molecule has 1 amide bonds. The topological polar surface area (TPSA) is 63.2 Å². The molecule has 0 atom stereocenters. The number of hydrogen-bond donors (Lipinski definition) is 2. The summed E-state index contributed by atoms with van der Waals surface area (Å²) in [6.07, 6.45) is 0.906. The predicted octanol–water partition coefficient (Wildman–Crippen LogP) is 2.46. The van der Waals surface area contributed by atoms with E-state index in [4.69, 9.17) is 16.3 Å². The number of carbonyl (C=O) groups excluding carboxylic acids is 1. The molecule has 7 heteroatoms. The third kappa shape index (κ3) is 3.72. The van der Waals surface area contributed by atoms with E-state index in [2.05, 4.69) is 15.6 Å². The Balaban J connectivity index is 1.54. The standard InChI is InChI=1S/C14H14ClN3O2S/c15-9-1-3-10(4-2-9)20-8-13(19)18-14-17-11-5-6-16-7-12(11)21-14/h1-4,16H,5-8H2,(H,17,18,19). The largest absolute Gasteiger partial charge is 0.484 e. The molecule has 0 spiro atoms. The zero-order valence-corrected chi connectivity index (χ0v) is 12.8. The molecular weight excluding hydrogens is 310 g/mol. The lowest BCUT2D eigenvalue weighted by atomic mass is 10.2. The van der Waals surface area contributed by atoms with Crippen molar-refractivity contribution in [2.75, 3.05) is 18.5 Å².